The van der Waals surface area contributed by atoms with E-state index in [1.165, 1.54) is 0 Å². The average Bonchev–Trinajstić information content (AvgIpc) is 2.28. The fourth-order valence-electron chi connectivity index (χ4n) is 1.85. The molecule has 3 heteroatoms. The molecule has 0 aliphatic carbocycles. The maximum absolute atomic E-state index is 10.0. The van der Waals surface area contributed by atoms with Crippen LogP contribution in [-0.4, -0.2) is 18.8 Å². The van der Waals surface area contributed by atoms with Gasteiger partial charge in [-0.15, -0.1) is 0 Å². The smallest absolute Gasteiger partial charge is 0.161 e. The van der Waals surface area contributed by atoms with Gasteiger partial charge in [-0.2, -0.15) is 0 Å². The highest BCUT2D eigenvalue weighted by Crippen LogP contribution is 2.35. The molecule has 0 aromatic heterocycles. The predicted octanol–water partition coefficient (Wildman–Crippen LogP) is 2.30. The molecule has 0 spiro atoms. The summed E-state index contributed by atoms with van der Waals surface area (Å²) in [4.78, 5) is 0. The lowest BCUT2D eigenvalue weighted by atomic mass is 9.97. The zero-order chi connectivity index (χ0) is 12.1. The van der Waals surface area contributed by atoms with Gasteiger partial charge in [-0.05, 0) is 56.8 Å². The van der Waals surface area contributed by atoms with E-state index in [9.17, 15) is 5.11 Å². The lowest BCUT2D eigenvalue weighted by Crippen LogP contribution is -2.01. The molecule has 0 aliphatic heterocycles. The number of benzene rings is 1. The summed E-state index contributed by atoms with van der Waals surface area (Å²) in [6.07, 6.45) is 2.83. The Balaban J connectivity index is 3.00. The van der Waals surface area contributed by atoms with Crippen molar-refractivity contribution in [2.24, 2.45) is 5.73 Å². The van der Waals surface area contributed by atoms with Crippen LogP contribution in [0.15, 0.2) is 6.07 Å². The van der Waals surface area contributed by atoms with Crippen LogP contribution in [0.1, 0.15) is 29.5 Å². The van der Waals surface area contributed by atoms with Crippen LogP contribution in [0.2, 0.25) is 0 Å². The molecule has 0 unspecified atom stereocenters. The van der Waals surface area contributed by atoms with Crippen LogP contribution in [0.3, 0.4) is 0 Å². The maximum Gasteiger partial charge on any atom is 0.161 e. The molecule has 90 valence electrons. The summed E-state index contributed by atoms with van der Waals surface area (Å²) >= 11 is 0. The van der Waals surface area contributed by atoms with Crippen molar-refractivity contribution in [2.75, 3.05) is 13.7 Å². The zero-order valence-corrected chi connectivity index (χ0v) is 10.3. The van der Waals surface area contributed by atoms with Crippen LogP contribution in [0.5, 0.6) is 11.5 Å². The van der Waals surface area contributed by atoms with Crippen molar-refractivity contribution in [3.8, 4) is 11.5 Å². The summed E-state index contributed by atoms with van der Waals surface area (Å²) in [5.41, 5.74) is 8.76. The predicted molar refractivity (Wildman–Crippen MR) is 66.1 cm³/mol. The van der Waals surface area contributed by atoms with Crippen molar-refractivity contribution >= 4 is 0 Å². The van der Waals surface area contributed by atoms with E-state index in [1.54, 1.807) is 7.11 Å². The van der Waals surface area contributed by atoms with Gasteiger partial charge < -0.3 is 15.6 Å². The van der Waals surface area contributed by atoms with Crippen molar-refractivity contribution in [3.63, 3.8) is 0 Å². The zero-order valence-electron chi connectivity index (χ0n) is 10.3. The molecule has 0 amide bonds. The monoisotopic (exact) mass is 223 g/mol. The second-order valence-corrected chi connectivity index (χ2v) is 4.09. The molecule has 0 saturated carbocycles. The number of aryl methyl sites for hydroxylation is 1. The molecule has 3 nitrogen and oxygen atoms in total. The SMILES string of the molecule is COc1cc(C)c(C)c(CCCCN)c1O. The minimum atomic E-state index is 0.280. The summed E-state index contributed by atoms with van der Waals surface area (Å²) in [5, 5.41) is 10.0. The molecule has 0 saturated heterocycles. The van der Waals surface area contributed by atoms with Crippen LogP contribution >= 0.6 is 0 Å². The third-order valence-corrected chi connectivity index (χ3v) is 3.01. The Morgan fingerprint density at radius 3 is 2.56 bits per heavy atom. The molecule has 3 N–H and O–H groups in total. The molecular weight excluding hydrogens is 202 g/mol. The Kier molecular flexibility index (Phi) is 4.62. The second kappa shape index (κ2) is 5.75. The van der Waals surface area contributed by atoms with Gasteiger partial charge in [-0.1, -0.05) is 0 Å². The van der Waals surface area contributed by atoms with Crippen LogP contribution in [0, 0.1) is 13.8 Å². The number of phenolic OH excluding ortho intramolecular Hbond substituents is 1. The molecule has 0 aliphatic rings. The number of unbranched alkanes of at least 4 members (excludes halogenated alkanes) is 1. The molecule has 1 rings (SSSR count). The van der Waals surface area contributed by atoms with Crippen LogP contribution in [0.4, 0.5) is 0 Å². The highest BCUT2D eigenvalue weighted by Gasteiger charge is 2.12. The average molecular weight is 223 g/mol. The Hall–Kier alpha value is -1.22. The van der Waals surface area contributed by atoms with Gasteiger partial charge in [0.25, 0.3) is 0 Å². The molecule has 1 aromatic rings. The molecule has 0 fully saturated rings. The van der Waals surface area contributed by atoms with E-state index in [4.69, 9.17) is 10.5 Å². The quantitative estimate of drug-likeness (QED) is 0.753. The highest BCUT2D eigenvalue weighted by atomic mass is 16.5. The lowest BCUT2D eigenvalue weighted by molar-refractivity contribution is 0.369. The van der Waals surface area contributed by atoms with Crippen LogP contribution < -0.4 is 10.5 Å². The van der Waals surface area contributed by atoms with E-state index < -0.39 is 0 Å². The second-order valence-electron chi connectivity index (χ2n) is 4.09. The lowest BCUT2D eigenvalue weighted by Gasteiger charge is -2.14. The summed E-state index contributed by atoms with van der Waals surface area (Å²) in [7, 11) is 1.58. The highest BCUT2D eigenvalue weighted by molar-refractivity contribution is 5.52. The van der Waals surface area contributed by atoms with E-state index in [-0.39, 0.29) is 5.75 Å². The maximum atomic E-state index is 10.0. The summed E-state index contributed by atoms with van der Waals surface area (Å²) in [5.74, 6) is 0.841. The summed E-state index contributed by atoms with van der Waals surface area (Å²) < 4.78 is 5.15. The van der Waals surface area contributed by atoms with Gasteiger partial charge in [-0.25, -0.2) is 0 Å². The third kappa shape index (κ3) is 2.67. The molecule has 16 heavy (non-hydrogen) atoms. The summed E-state index contributed by atoms with van der Waals surface area (Å²) in [6.45, 7) is 4.76. The first-order chi connectivity index (χ1) is 7.61. The first-order valence-corrected chi connectivity index (χ1v) is 5.68. The molecular formula is C13H21NO2. The number of rotatable bonds is 5. The number of aromatic hydroxyl groups is 1. The van der Waals surface area contributed by atoms with Gasteiger partial charge in [0.1, 0.15) is 0 Å². The number of phenols is 1. The number of nitrogens with two attached hydrogens (primary N) is 1. The van der Waals surface area contributed by atoms with E-state index in [0.29, 0.717) is 12.3 Å². The fraction of sp³-hybridized carbons (Fsp3) is 0.538. The van der Waals surface area contributed by atoms with Gasteiger partial charge in [0.15, 0.2) is 11.5 Å². The standard InChI is InChI=1S/C13H21NO2/c1-9-8-12(16-3)13(15)11(10(9)2)6-4-5-7-14/h8,15H,4-7,14H2,1-3H3. The van der Waals surface area contributed by atoms with E-state index in [0.717, 1.165) is 36.0 Å². The molecule has 0 radical (unpaired) electrons. The van der Waals surface area contributed by atoms with Crippen molar-refractivity contribution in [1.82, 2.24) is 0 Å². The van der Waals surface area contributed by atoms with Gasteiger partial charge in [0.2, 0.25) is 0 Å². The normalized spacial score (nSPS) is 10.5. The van der Waals surface area contributed by atoms with Crippen molar-refractivity contribution in [3.05, 3.63) is 22.8 Å². The van der Waals surface area contributed by atoms with Gasteiger partial charge in [0, 0.05) is 5.56 Å². The first-order valence-electron chi connectivity index (χ1n) is 5.68. The van der Waals surface area contributed by atoms with Crippen molar-refractivity contribution in [2.45, 2.75) is 33.1 Å². The fourth-order valence-corrected chi connectivity index (χ4v) is 1.85. The topological polar surface area (TPSA) is 55.5 Å². The third-order valence-electron chi connectivity index (χ3n) is 3.01. The number of hydrogen-bond donors (Lipinski definition) is 2. The first kappa shape index (κ1) is 12.8. The van der Waals surface area contributed by atoms with E-state index in [1.807, 2.05) is 19.9 Å². The van der Waals surface area contributed by atoms with Gasteiger partial charge in [-0.3, -0.25) is 0 Å². The van der Waals surface area contributed by atoms with Crippen LogP contribution in [0.25, 0.3) is 0 Å². The molecule has 0 atom stereocenters. The minimum Gasteiger partial charge on any atom is -0.504 e. The van der Waals surface area contributed by atoms with E-state index in [2.05, 4.69) is 0 Å². The van der Waals surface area contributed by atoms with Crippen LogP contribution in [-0.2, 0) is 6.42 Å². The Morgan fingerprint density at radius 2 is 2.00 bits per heavy atom. The molecule has 0 heterocycles. The molecule has 1 aromatic carbocycles. The summed E-state index contributed by atoms with van der Waals surface area (Å²) in [6, 6.07) is 1.87. The van der Waals surface area contributed by atoms with E-state index >= 15 is 0 Å². The number of hydrogen-bond acceptors (Lipinski definition) is 3. The Bertz CT molecular complexity index is 361. The van der Waals surface area contributed by atoms with Gasteiger partial charge in [0.05, 0.1) is 7.11 Å². The Labute approximate surface area is 97.2 Å². The number of ether oxygens (including phenoxy) is 1. The van der Waals surface area contributed by atoms with Crippen molar-refractivity contribution < 1.29 is 9.84 Å². The van der Waals surface area contributed by atoms with Gasteiger partial charge >= 0.3 is 0 Å². The Morgan fingerprint density at radius 1 is 1.31 bits per heavy atom. The van der Waals surface area contributed by atoms with Crippen molar-refractivity contribution in [1.29, 1.82) is 0 Å². The minimum absolute atomic E-state index is 0.280. The molecule has 0 bridgehead atoms. The number of methoxy groups -OCH3 is 1. The largest absolute Gasteiger partial charge is 0.504 e.